The second kappa shape index (κ2) is 4.99. The van der Waals surface area contributed by atoms with Gasteiger partial charge in [0.15, 0.2) is 0 Å². The molecule has 0 saturated carbocycles. The molecule has 1 aliphatic heterocycles. The first-order chi connectivity index (χ1) is 8.45. The van der Waals surface area contributed by atoms with E-state index < -0.39 is 10.0 Å². The van der Waals surface area contributed by atoms with E-state index in [1.165, 1.54) is 4.31 Å². The van der Waals surface area contributed by atoms with E-state index in [0.717, 1.165) is 5.56 Å². The molecule has 1 N–H and O–H groups in total. The topological polar surface area (TPSA) is 57.6 Å². The summed E-state index contributed by atoms with van der Waals surface area (Å²) < 4.78 is 26.0. The van der Waals surface area contributed by atoms with E-state index in [1.54, 1.807) is 18.2 Å². The van der Waals surface area contributed by atoms with E-state index in [2.05, 4.69) is 0 Å². The molecule has 0 atom stereocenters. The number of aliphatic hydroxyl groups is 1. The van der Waals surface area contributed by atoms with Crippen LogP contribution in [0.25, 0.3) is 0 Å². The van der Waals surface area contributed by atoms with Crippen molar-refractivity contribution in [3.63, 3.8) is 0 Å². The minimum Gasteiger partial charge on any atom is -0.396 e. The van der Waals surface area contributed by atoms with Gasteiger partial charge in [0.25, 0.3) is 0 Å². The molecule has 0 radical (unpaired) electrons. The lowest BCUT2D eigenvalue weighted by Gasteiger charge is -2.37. The number of hydrogen-bond acceptors (Lipinski definition) is 3. The van der Waals surface area contributed by atoms with Crippen LogP contribution in [0.5, 0.6) is 0 Å². The Morgan fingerprint density at radius 2 is 2.06 bits per heavy atom. The highest BCUT2D eigenvalue weighted by molar-refractivity contribution is 7.89. The van der Waals surface area contributed by atoms with Crippen LogP contribution in [0, 0.1) is 5.92 Å². The summed E-state index contributed by atoms with van der Waals surface area (Å²) in [6.07, 6.45) is 0. The monoisotopic (exact) mass is 269 g/mol. The molecule has 2 rings (SSSR count). The Kier molecular flexibility index (Phi) is 3.75. The van der Waals surface area contributed by atoms with Crippen LogP contribution in [0.3, 0.4) is 0 Å². The van der Waals surface area contributed by atoms with Gasteiger partial charge >= 0.3 is 0 Å². The van der Waals surface area contributed by atoms with E-state index >= 15 is 0 Å². The third-order valence-corrected chi connectivity index (χ3v) is 5.17. The highest BCUT2D eigenvalue weighted by Crippen LogP contribution is 2.26. The predicted octanol–water partition coefficient (Wildman–Crippen LogP) is 1.42. The Morgan fingerprint density at radius 1 is 1.39 bits per heavy atom. The standard InChI is InChI=1S/C13H19NO3S/c1-10(2)12-4-3-5-13(6-12)18(16,17)14-7-11(8-14)9-15/h3-6,10-11,15H,7-9H2,1-2H3. The van der Waals surface area contributed by atoms with Crippen LogP contribution >= 0.6 is 0 Å². The molecule has 5 heteroatoms. The number of benzene rings is 1. The first-order valence-corrected chi connectivity index (χ1v) is 7.60. The number of aliphatic hydroxyl groups excluding tert-OH is 1. The minimum absolute atomic E-state index is 0.0536. The molecule has 1 aliphatic rings. The summed E-state index contributed by atoms with van der Waals surface area (Å²) in [6.45, 7) is 4.97. The van der Waals surface area contributed by atoms with Gasteiger partial charge in [-0.1, -0.05) is 26.0 Å². The normalized spacial score (nSPS) is 18.0. The van der Waals surface area contributed by atoms with E-state index in [4.69, 9.17) is 5.11 Å². The molecule has 1 fully saturated rings. The zero-order chi connectivity index (χ0) is 13.3. The lowest BCUT2D eigenvalue weighted by molar-refractivity contribution is 0.117. The van der Waals surface area contributed by atoms with Crippen molar-refractivity contribution >= 4 is 10.0 Å². The molecule has 100 valence electrons. The van der Waals surface area contributed by atoms with Gasteiger partial charge in [-0.3, -0.25) is 0 Å². The largest absolute Gasteiger partial charge is 0.396 e. The third kappa shape index (κ3) is 2.43. The highest BCUT2D eigenvalue weighted by Gasteiger charge is 2.36. The van der Waals surface area contributed by atoms with Gasteiger partial charge in [0.2, 0.25) is 10.0 Å². The maximum absolute atomic E-state index is 12.3. The van der Waals surface area contributed by atoms with Crippen molar-refractivity contribution in [2.24, 2.45) is 5.92 Å². The smallest absolute Gasteiger partial charge is 0.243 e. The summed E-state index contributed by atoms with van der Waals surface area (Å²) in [5, 5.41) is 8.94. The molecule has 0 aromatic heterocycles. The van der Waals surface area contributed by atoms with Crippen LogP contribution in [-0.4, -0.2) is 37.5 Å². The summed E-state index contributed by atoms with van der Waals surface area (Å²) in [5.41, 5.74) is 1.02. The maximum Gasteiger partial charge on any atom is 0.243 e. The van der Waals surface area contributed by atoms with Gasteiger partial charge in [-0.15, -0.1) is 0 Å². The number of rotatable bonds is 4. The van der Waals surface area contributed by atoms with Crippen molar-refractivity contribution in [1.82, 2.24) is 4.31 Å². The highest BCUT2D eigenvalue weighted by atomic mass is 32.2. The Balaban J connectivity index is 2.23. The molecule has 1 aromatic rings. The summed E-state index contributed by atoms with van der Waals surface area (Å²) in [5.74, 6) is 0.398. The SMILES string of the molecule is CC(C)c1cccc(S(=O)(=O)N2CC(CO)C2)c1. The molecule has 1 saturated heterocycles. The van der Waals surface area contributed by atoms with Crippen molar-refractivity contribution in [3.05, 3.63) is 29.8 Å². The van der Waals surface area contributed by atoms with Crippen molar-refractivity contribution in [2.75, 3.05) is 19.7 Å². The number of hydrogen-bond donors (Lipinski definition) is 1. The quantitative estimate of drug-likeness (QED) is 0.899. The molecular formula is C13H19NO3S. The van der Waals surface area contributed by atoms with Gasteiger partial charge in [0, 0.05) is 25.6 Å². The first-order valence-electron chi connectivity index (χ1n) is 6.16. The summed E-state index contributed by atoms with van der Waals surface area (Å²) >= 11 is 0. The molecule has 0 spiro atoms. The van der Waals surface area contributed by atoms with E-state index in [0.29, 0.717) is 23.9 Å². The van der Waals surface area contributed by atoms with Crippen LogP contribution in [0.1, 0.15) is 25.3 Å². The Morgan fingerprint density at radius 3 is 2.61 bits per heavy atom. The van der Waals surface area contributed by atoms with Crippen LogP contribution in [-0.2, 0) is 10.0 Å². The molecule has 18 heavy (non-hydrogen) atoms. The molecule has 0 unspecified atom stereocenters. The summed E-state index contributed by atoms with van der Waals surface area (Å²) in [4.78, 5) is 0.352. The Hall–Kier alpha value is -0.910. The molecule has 0 amide bonds. The zero-order valence-corrected chi connectivity index (χ0v) is 11.5. The first kappa shape index (κ1) is 13.5. The number of sulfonamides is 1. The Labute approximate surface area is 108 Å². The minimum atomic E-state index is -3.38. The van der Waals surface area contributed by atoms with Gasteiger partial charge in [-0.25, -0.2) is 8.42 Å². The van der Waals surface area contributed by atoms with Crippen molar-refractivity contribution < 1.29 is 13.5 Å². The van der Waals surface area contributed by atoms with E-state index in [9.17, 15) is 8.42 Å². The lowest BCUT2D eigenvalue weighted by atomic mass is 10.0. The molecule has 0 aliphatic carbocycles. The predicted molar refractivity (Wildman–Crippen MR) is 69.9 cm³/mol. The number of nitrogens with zero attached hydrogens (tertiary/aromatic N) is 1. The fourth-order valence-corrected chi connectivity index (χ4v) is 3.67. The summed E-state index contributed by atoms with van der Waals surface area (Å²) in [7, 11) is -3.38. The average Bonchev–Trinajstić information content (AvgIpc) is 2.27. The molecule has 1 aromatic carbocycles. The van der Waals surface area contributed by atoms with Gasteiger partial charge in [-0.2, -0.15) is 4.31 Å². The maximum atomic E-state index is 12.3. The summed E-state index contributed by atoms with van der Waals surface area (Å²) in [6, 6.07) is 7.10. The average molecular weight is 269 g/mol. The lowest BCUT2D eigenvalue weighted by Crippen LogP contribution is -2.51. The van der Waals surface area contributed by atoms with Crippen LogP contribution < -0.4 is 0 Å². The third-order valence-electron chi connectivity index (χ3n) is 3.34. The van der Waals surface area contributed by atoms with Crippen LogP contribution in [0.15, 0.2) is 29.2 Å². The van der Waals surface area contributed by atoms with Gasteiger partial charge in [0.05, 0.1) is 4.90 Å². The van der Waals surface area contributed by atoms with Crippen LogP contribution in [0.4, 0.5) is 0 Å². The van der Waals surface area contributed by atoms with Crippen LogP contribution in [0.2, 0.25) is 0 Å². The van der Waals surface area contributed by atoms with Gasteiger partial charge in [-0.05, 0) is 23.6 Å². The van der Waals surface area contributed by atoms with Crippen molar-refractivity contribution in [3.8, 4) is 0 Å². The second-order valence-corrected chi connectivity index (χ2v) is 7.04. The Bertz CT molecular complexity index is 519. The van der Waals surface area contributed by atoms with Crippen molar-refractivity contribution in [1.29, 1.82) is 0 Å². The molecular weight excluding hydrogens is 250 g/mol. The van der Waals surface area contributed by atoms with Gasteiger partial charge in [0.1, 0.15) is 0 Å². The molecule has 4 nitrogen and oxygen atoms in total. The van der Waals surface area contributed by atoms with Gasteiger partial charge < -0.3 is 5.11 Å². The van der Waals surface area contributed by atoms with E-state index in [1.807, 2.05) is 19.9 Å². The fourth-order valence-electron chi connectivity index (χ4n) is 2.02. The fraction of sp³-hybridized carbons (Fsp3) is 0.538. The van der Waals surface area contributed by atoms with E-state index in [-0.39, 0.29) is 12.5 Å². The van der Waals surface area contributed by atoms with Crippen molar-refractivity contribution in [2.45, 2.75) is 24.7 Å². The molecule has 0 bridgehead atoms. The second-order valence-electron chi connectivity index (χ2n) is 5.10. The zero-order valence-electron chi connectivity index (χ0n) is 10.7. The molecule has 1 heterocycles.